The van der Waals surface area contributed by atoms with Crippen molar-refractivity contribution in [1.29, 1.82) is 0 Å². The number of hydrogen-bond donors (Lipinski definition) is 1. The zero-order valence-electron chi connectivity index (χ0n) is 6.87. The van der Waals surface area contributed by atoms with E-state index in [1.54, 1.807) is 0 Å². The normalized spacial score (nSPS) is 10.4. The second kappa shape index (κ2) is 3.06. The van der Waals surface area contributed by atoms with Gasteiger partial charge in [0.05, 0.1) is 0 Å². The van der Waals surface area contributed by atoms with E-state index in [9.17, 15) is 13.6 Å². The van der Waals surface area contributed by atoms with Crippen LogP contribution in [0.4, 0.5) is 8.78 Å². The zero-order valence-corrected chi connectivity index (χ0v) is 6.87. The van der Waals surface area contributed by atoms with Crippen LogP contribution in [0.25, 0.3) is 5.69 Å². The Morgan fingerprint density at radius 1 is 1.36 bits per heavy atom. The first-order valence-corrected chi connectivity index (χ1v) is 3.76. The number of nitrogens with one attached hydrogen (secondary N) is 1. The fourth-order valence-electron chi connectivity index (χ4n) is 1.07. The highest BCUT2D eigenvalue weighted by Gasteiger charge is 2.05. The topological polar surface area (TPSA) is 50.7 Å². The molecule has 2 aromatic rings. The van der Waals surface area contributed by atoms with Crippen molar-refractivity contribution < 1.29 is 8.78 Å². The summed E-state index contributed by atoms with van der Waals surface area (Å²) < 4.78 is 26.7. The minimum absolute atomic E-state index is 0.0426. The molecule has 0 aliphatic rings. The molecule has 0 saturated carbocycles. The number of benzene rings is 1. The number of halogens is 2. The minimum atomic E-state index is -0.765. The monoisotopic (exact) mass is 197 g/mol. The van der Waals surface area contributed by atoms with Gasteiger partial charge in [0.25, 0.3) is 0 Å². The van der Waals surface area contributed by atoms with Gasteiger partial charge in [-0.1, -0.05) is 0 Å². The maximum absolute atomic E-state index is 13.1. The van der Waals surface area contributed by atoms with E-state index in [1.807, 2.05) is 0 Å². The van der Waals surface area contributed by atoms with Crippen LogP contribution in [-0.4, -0.2) is 14.8 Å². The van der Waals surface area contributed by atoms with Crippen molar-refractivity contribution in [3.8, 4) is 5.69 Å². The summed E-state index contributed by atoms with van der Waals surface area (Å²) in [6.07, 6.45) is 1.12. The highest BCUT2D eigenvalue weighted by molar-refractivity contribution is 5.31. The molecular formula is C8H5F2N3O. The van der Waals surface area contributed by atoms with Crippen molar-refractivity contribution in [3.05, 3.63) is 46.6 Å². The predicted molar refractivity (Wildman–Crippen MR) is 44.1 cm³/mol. The Balaban J connectivity index is 2.57. The van der Waals surface area contributed by atoms with E-state index in [0.717, 1.165) is 23.1 Å². The van der Waals surface area contributed by atoms with Crippen LogP contribution in [0.15, 0.2) is 29.3 Å². The van der Waals surface area contributed by atoms with Crippen LogP contribution in [-0.2, 0) is 0 Å². The standard InChI is InChI=1S/C8H5F2N3O/c9-5-1-2-7(6(10)3-5)13-4-11-8(14)12-13/h1-4H,(H,12,14). The molecule has 0 radical (unpaired) electrons. The SMILES string of the molecule is O=c1ncn(-c2ccc(F)cc2F)[nH]1. The van der Waals surface area contributed by atoms with Crippen LogP contribution < -0.4 is 5.69 Å². The van der Waals surface area contributed by atoms with Crippen LogP contribution in [0.2, 0.25) is 0 Å². The summed E-state index contributed by atoms with van der Waals surface area (Å²) in [7, 11) is 0. The van der Waals surface area contributed by atoms with Gasteiger partial charge in [-0.15, -0.1) is 0 Å². The summed E-state index contributed by atoms with van der Waals surface area (Å²) in [6.45, 7) is 0. The summed E-state index contributed by atoms with van der Waals surface area (Å²) in [6, 6.07) is 3.03. The lowest BCUT2D eigenvalue weighted by molar-refractivity contribution is 0.573. The average molecular weight is 197 g/mol. The molecule has 0 aliphatic heterocycles. The molecule has 0 spiro atoms. The summed E-state index contributed by atoms with van der Waals surface area (Å²) in [5.41, 5.74) is -0.547. The Hall–Kier alpha value is -1.98. The van der Waals surface area contributed by atoms with Gasteiger partial charge in [0.2, 0.25) is 0 Å². The first kappa shape index (κ1) is 8.61. The molecular weight excluding hydrogens is 192 g/mol. The molecule has 2 rings (SSSR count). The van der Waals surface area contributed by atoms with Crippen molar-refractivity contribution in [3.63, 3.8) is 0 Å². The Labute approximate surface area is 76.8 Å². The van der Waals surface area contributed by atoms with Gasteiger partial charge in [-0.25, -0.2) is 23.4 Å². The van der Waals surface area contributed by atoms with Gasteiger partial charge < -0.3 is 0 Å². The van der Waals surface area contributed by atoms with E-state index in [-0.39, 0.29) is 5.69 Å². The van der Waals surface area contributed by atoms with Gasteiger partial charge in [-0.2, -0.15) is 4.98 Å². The van der Waals surface area contributed by atoms with Crippen molar-refractivity contribution in [1.82, 2.24) is 14.8 Å². The van der Waals surface area contributed by atoms with Crippen LogP contribution in [0.5, 0.6) is 0 Å². The summed E-state index contributed by atoms with van der Waals surface area (Å²) in [5, 5.41) is 2.24. The van der Waals surface area contributed by atoms with Crippen molar-refractivity contribution in [2.75, 3.05) is 0 Å². The Bertz CT molecular complexity index is 517. The van der Waals surface area contributed by atoms with Crippen molar-refractivity contribution in [2.24, 2.45) is 0 Å². The molecule has 0 amide bonds. The van der Waals surface area contributed by atoms with Crippen LogP contribution in [0.3, 0.4) is 0 Å². The molecule has 0 aliphatic carbocycles. The van der Waals surface area contributed by atoms with Crippen LogP contribution >= 0.6 is 0 Å². The molecule has 1 aromatic carbocycles. The Kier molecular flexibility index (Phi) is 1.88. The lowest BCUT2D eigenvalue weighted by atomic mass is 10.3. The molecule has 0 unspecified atom stereocenters. The number of nitrogens with zero attached hydrogens (tertiary/aromatic N) is 2. The van der Waals surface area contributed by atoms with E-state index in [0.29, 0.717) is 0 Å². The number of hydrogen-bond acceptors (Lipinski definition) is 2. The first-order valence-electron chi connectivity index (χ1n) is 3.76. The van der Waals surface area contributed by atoms with Gasteiger partial charge in [0.15, 0.2) is 5.82 Å². The van der Waals surface area contributed by atoms with E-state index in [4.69, 9.17) is 0 Å². The molecule has 1 heterocycles. The quantitative estimate of drug-likeness (QED) is 0.736. The van der Waals surface area contributed by atoms with Crippen molar-refractivity contribution >= 4 is 0 Å². The Morgan fingerprint density at radius 2 is 2.14 bits per heavy atom. The second-order valence-electron chi connectivity index (χ2n) is 2.63. The fraction of sp³-hybridized carbons (Fsp3) is 0. The van der Waals surface area contributed by atoms with Gasteiger partial charge in [0, 0.05) is 6.07 Å². The molecule has 0 atom stereocenters. The van der Waals surface area contributed by atoms with Gasteiger partial charge >= 0.3 is 5.69 Å². The summed E-state index contributed by atoms with van der Waals surface area (Å²) >= 11 is 0. The average Bonchev–Trinajstić information content (AvgIpc) is 2.51. The third-order valence-corrected chi connectivity index (χ3v) is 1.68. The highest BCUT2D eigenvalue weighted by atomic mass is 19.1. The second-order valence-corrected chi connectivity index (χ2v) is 2.63. The van der Waals surface area contributed by atoms with E-state index < -0.39 is 17.3 Å². The smallest absolute Gasteiger partial charge is 0.244 e. The van der Waals surface area contributed by atoms with Crippen LogP contribution in [0, 0.1) is 11.6 Å². The fourth-order valence-corrected chi connectivity index (χ4v) is 1.07. The predicted octanol–water partition coefficient (Wildman–Crippen LogP) is 0.839. The maximum atomic E-state index is 13.1. The largest absolute Gasteiger partial charge is 0.361 e. The van der Waals surface area contributed by atoms with E-state index >= 15 is 0 Å². The van der Waals surface area contributed by atoms with E-state index in [2.05, 4.69) is 10.1 Å². The Morgan fingerprint density at radius 3 is 2.71 bits per heavy atom. The number of rotatable bonds is 1. The molecule has 0 fully saturated rings. The van der Waals surface area contributed by atoms with Crippen molar-refractivity contribution in [2.45, 2.75) is 0 Å². The first-order chi connectivity index (χ1) is 6.66. The van der Waals surface area contributed by atoms with Gasteiger partial charge in [0.1, 0.15) is 17.8 Å². The maximum Gasteiger partial charge on any atom is 0.361 e. The summed E-state index contributed by atoms with van der Waals surface area (Å²) in [4.78, 5) is 14.0. The number of aromatic amines is 1. The molecule has 0 bridgehead atoms. The number of aromatic nitrogens is 3. The summed E-state index contributed by atoms with van der Waals surface area (Å²) in [5.74, 6) is -1.44. The molecule has 0 saturated heterocycles. The molecule has 4 nitrogen and oxygen atoms in total. The van der Waals surface area contributed by atoms with Crippen LogP contribution in [0.1, 0.15) is 0 Å². The van der Waals surface area contributed by atoms with E-state index in [1.165, 1.54) is 6.07 Å². The number of H-pyrrole nitrogens is 1. The third kappa shape index (κ3) is 1.41. The minimum Gasteiger partial charge on any atom is -0.244 e. The lowest BCUT2D eigenvalue weighted by Gasteiger charge is -2.01. The molecule has 14 heavy (non-hydrogen) atoms. The molecule has 1 N–H and O–H groups in total. The molecule has 1 aromatic heterocycles. The highest BCUT2D eigenvalue weighted by Crippen LogP contribution is 2.11. The third-order valence-electron chi connectivity index (χ3n) is 1.68. The molecule has 6 heteroatoms. The van der Waals surface area contributed by atoms with Gasteiger partial charge in [-0.3, -0.25) is 0 Å². The van der Waals surface area contributed by atoms with Gasteiger partial charge in [-0.05, 0) is 12.1 Å². The molecule has 72 valence electrons. The lowest BCUT2D eigenvalue weighted by Crippen LogP contribution is -2.06. The zero-order chi connectivity index (χ0) is 10.1.